The van der Waals surface area contributed by atoms with Crippen LogP contribution in [0.25, 0.3) is 0 Å². The van der Waals surface area contributed by atoms with Crippen molar-refractivity contribution in [3.8, 4) is 0 Å². The molecule has 0 radical (unpaired) electrons. The van der Waals surface area contributed by atoms with Crippen molar-refractivity contribution in [3.05, 3.63) is 11.7 Å². The highest BCUT2D eigenvalue weighted by Crippen LogP contribution is 2.45. The molecule has 82 valence electrons. The van der Waals surface area contributed by atoms with Crippen molar-refractivity contribution in [1.29, 1.82) is 0 Å². The summed E-state index contributed by atoms with van der Waals surface area (Å²) in [6.07, 6.45) is 5.79. The molecule has 0 spiro atoms. The number of hydrogen-bond acceptors (Lipinski definition) is 4. The normalized spacial score (nSPS) is 28.2. The molecule has 2 fully saturated rings. The van der Waals surface area contributed by atoms with E-state index in [1.165, 1.54) is 25.7 Å². The molecule has 1 N–H and O–H groups in total. The van der Waals surface area contributed by atoms with E-state index in [9.17, 15) is 0 Å². The highest BCUT2D eigenvalue weighted by molar-refractivity contribution is 5.14. The Hall–Kier alpha value is -0.900. The van der Waals surface area contributed by atoms with Gasteiger partial charge in [0, 0.05) is 17.9 Å². The van der Waals surface area contributed by atoms with E-state index < -0.39 is 0 Å². The maximum Gasteiger partial charge on any atom is 0.228 e. The van der Waals surface area contributed by atoms with Gasteiger partial charge in [0.2, 0.25) is 5.89 Å². The predicted octanol–water partition coefficient (Wildman–Crippen LogP) is 1.42. The molecule has 1 saturated carbocycles. The zero-order chi connectivity index (χ0) is 10.3. The van der Waals surface area contributed by atoms with Gasteiger partial charge in [0.15, 0.2) is 5.82 Å². The molecular formula is C11H17N3O. The van der Waals surface area contributed by atoms with Gasteiger partial charge >= 0.3 is 0 Å². The Morgan fingerprint density at radius 2 is 2.40 bits per heavy atom. The Labute approximate surface area is 89.4 Å². The van der Waals surface area contributed by atoms with Crippen LogP contribution in [0, 0.1) is 0 Å². The smallest absolute Gasteiger partial charge is 0.228 e. The van der Waals surface area contributed by atoms with Crippen molar-refractivity contribution < 1.29 is 4.52 Å². The van der Waals surface area contributed by atoms with Gasteiger partial charge in [-0.3, -0.25) is 0 Å². The van der Waals surface area contributed by atoms with E-state index in [4.69, 9.17) is 4.52 Å². The van der Waals surface area contributed by atoms with Crippen LogP contribution in [-0.4, -0.2) is 22.7 Å². The fraction of sp³-hybridized carbons (Fsp3) is 0.818. The van der Waals surface area contributed by atoms with E-state index >= 15 is 0 Å². The molecule has 15 heavy (non-hydrogen) atoms. The van der Waals surface area contributed by atoms with Crippen molar-refractivity contribution in [2.75, 3.05) is 6.54 Å². The average molecular weight is 207 g/mol. The number of nitrogens with one attached hydrogen (secondary N) is 1. The fourth-order valence-corrected chi connectivity index (χ4v) is 2.14. The molecule has 0 aromatic carbocycles. The summed E-state index contributed by atoms with van der Waals surface area (Å²) in [5, 5.41) is 7.52. The summed E-state index contributed by atoms with van der Waals surface area (Å²) < 4.78 is 5.29. The van der Waals surface area contributed by atoms with Gasteiger partial charge in [-0.25, -0.2) is 0 Å². The second kappa shape index (κ2) is 3.30. The van der Waals surface area contributed by atoms with E-state index in [0.717, 1.165) is 24.7 Å². The molecular weight excluding hydrogens is 190 g/mol. The van der Waals surface area contributed by atoms with E-state index in [1.807, 2.05) is 0 Å². The van der Waals surface area contributed by atoms with Gasteiger partial charge < -0.3 is 9.84 Å². The molecule has 2 heterocycles. The van der Waals surface area contributed by atoms with Gasteiger partial charge in [0.1, 0.15) is 0 Å². The minimum atomic E-state index is 0.227. The van der Waals surface area contributed by atoms with Crippen molar-refractivity contribution in [1.82, 2.24) is 15.5 Å². The van der Waals surface area contributed by atoms with Gasteiger partial charge in [0.05, 0.1) is 0 Å². The number of aromatic nitrogens is 2. The van der Waals surface area contributed by atoms with Crippen molar-refractivity contribution in [2.45, 2.75) is 50.5 Å². The minimum Gasteiger partial charge on any atom is -0.339 e. The van der Waals surface area contributed by atoms with Crippen LogP contribution in [0.4, 0.5) is 0 Å². The number of rotatable bonds is 3. The van der Waals surface area contributed by atoms with Crippen molar-refractivity contribution in [2.24, 2.45) is 0 Å². The van der Waals surface area contributed by atoms with Gasteiger partial charge in [-0.05, 0) is 32.2 Å². The molecule has 2 aliphatic rings. The third kappa shape index (κ3) is 1.78. The maximum absolute atomic E-state index is 5.29. The lowest BCUT2D eigenvalue weighted by Gasteiger charge is -2.04. The Kier molecular flexibility index (Phi) is 2.06. The monoisotopic (exact) mass is 207 g/mol. The van der Waals surface area contributed by atoms with Crippen LogP contribution < -0.4 is 5.32 Å². The zero-order valence-electron chi connectivity index (χ0n) is 9.12. The van der Waals surface area contributed by atoms with Crippen LogP contribution in [0.15, 0.2) is 4.52 Å². The standard InChI is InChI=1S/C11H17N3O/c1-11(4-5-11)10-13-9(15-14-10)7-8-3-2-6-12-8/h8,12H,2-7H2,1H3. The molecule has 1 aliphatic carbocycles. The SMILES string of the molecule is CC1(c2noc(CC3CCCN3)n2)CC1. The second-order valence-corrected chi connectivity index (χ2v) is 5.07. The van der Waals surface area contributed by atoms with Crippen LogP contribution in [0.3, 0.4) is 0 Å². The molecule has 3 rings (SSSR count). The number of nitrogens with zero attached hydrogens (tertiary/aromatic N) is 2. The molecule has 1 aromatic heterocycles. The first kappa shape index (κ1) is 9.33. The molecule has 1 aromatic rings. The zero-order valence-corrected chi connectivity index (χ0v) is 9.12. The largest absolute Gasteiger partial charge is 0.339 e. The summed E-state index contributed by atoms with van der Waals surface area (Å²) in [6.45, 7) is 3.33. The lowest BCUT2D eigenvalue weighted by Crippen LogP contribution is -2.23. The van der Waals surface area contributed by atoms with E-state index in [-0.39, 0.29) is 5.41 Å². The summed E-state index contributed by atoms with van der Waals surface area (Å²) in [7, 11) is 0. The fourth-order valence-electron chi connectivity index (χ4n) is 2.14. The summed E-state index contributed by atoms with van der Waals surface area (Å²) in [4.78, 5) is 4.49. The maximum atomic E-state index is 5.29. The quantitative estimate of drug-likeness (QED) is 0.814. The van der Waals surface area contributed by atoms with Crippen molar-refractivity contribution >= 4 is 0 Å². The molecule has 4 heteroatoms. The minimum absolute atomic E-state index is 0.227. The van der Waals surface area contributed by atoms with Crippen LogP contribution in [0.5, 0.6) is 0 Å². The van der Waals surface area contributed by atoms with Crippen LogP contribution in [0.2, 0.25) is 0 Å². The first-order valence-electron chi connectivity index (χ1n) is 5.83. The summed E-state index contributed by atoms with van der Waals surface area (Å²) in [6, 6.07) is 0.547. The summed E-state index contributed by atoms with van der Waals surface area (Å²) in [5.41, 5.74) is 0.227. The Morgan fingerprint density at radius 1 is 1.53 bits per heavy atom. The number of hydrogen-bond donors (Lipinski definition) is 1. The first-order chi connectivity index (χ1) is 7.26. The second-order valence-electron chi connectivity index (χ2n) is 5.07. The third-order valence-electron chi connectivity index (χ3n) is 3.59. The highest BCUT2D eigenvalue weighted by atomic mass is 16.5. The molecule has 1 atom stereocenters. The Balaban J connectivity index is 1.68. The topological polar surface area (TPSA) is 51.0 Å². The van der Waals surface area contributed by atoms with Crippen LogP contribution >= 0.6 is 0 Å². The average Bonchev–Trinajstić information content (AvgIpc) is 2.75. The third-order valence-corrected chi connectivity index (χ3v) is 3.59. The van der Waals surface area contributed by atoms with Gasteiger partial charge in [-0.2, -0.15) is 4.98 Å². The molecule has 0 amide bonds. The van der Waals surface area contributed by atoms with Crippen molar-refractivity contribution in [3.63, 3.8) is 0 Å². The van der Waals surface area contributed by atoms with Crippen LogP contribution in [0.1, 0.15) is 44.3 Å². The molecule has 1 aliphatic heterocycles. The molecule has 1 unspecified atom stereocenters. The lowest BCUT2D eigenvalue weighted by atomic mass is 10.1. The van der Waals surface area contributed by atoms with Gasteiger partial charge in [-0.1, -0.05) is 12.1 Å². The van der Waals surface area contributed by atoms with E-state index in [0.29, 0.717) is 6.04 Å². The molecule has 0 bridgehead atoms. The molecule has 4 nitrogen and oxygen atoms in total. The van der Waals surface area contributed by atoms with E-state index in [2.05, 4.69) is 22.4 Å². The predicted molar refractivity (Wildman–Crippen MR) is 55.6 cm³/mol. The lowest BCUT2D eigenvalue weighted by molar-refractivity contribution is 0.357. The van der Waals surface area contributed by atoms with Crippen LogP contribution in [-0.2, 0) is 11.8 Å². The first-order valence-corrected chi connectivity index (χ1v) is 5.83. The van der Waals surface area contributed by atoms with E-state index in [1.54, 1.807) is 0 Å². The summed E-state index contributed by atoms with van der Waals surface area (Å²) >= 11 is 0. The molecule has 1 saturated heterocycles. The highest BCUT2D eigenvalue weighted by Gasteiger charge is 2.43. The van der Waals surface area contributed by atoms with Gasteiger partial charge in [0.25, 0.3) is 0 Å². The Morgan fingerprint density at radius 3 is 3.07 bits per heavy atom. The van der Waals surface area contributed by atoms with Gasteiger partial charge in [-0.15, -0.1) is 0 Å². The Bertz CT molecular complexity index is 350. The summed E-state index contributed by atoms with van der Waals surface area (Å²) in [5.74, 6) is 1.72.